The Hall–Kier alpha value is -1.64. The molecule has 0 saturated carbocycles. The molecule has 2 rings (SSSR count). The van der Waals surface area contributed by atoms with E-state index >= 15 is 0 Å². The molecule has 0 saturated heterocycles. The summed E-state index contributed by atoms with van der Waals surface area (Å²) in [5.41, 5.74) is 1.68. The molecule has 0 aliphatic carbocycles. The fourth-order valence-electron chi connectivity index (χ4n) is 1.42. The zero-order valence-corrected chi connectivity index (χ0v) is 6.78. The summed E-state index contributed by atoms with van der Waals surface area (Å²) in [7, 11) is 0. The van der Waals surface area contributed by atoms with Crippen LogP contribution in [0.4, 0.5) is 0 Å². The van der Waals surface area contributed by atoms with Crippen LogP contribution in [0.3, 0.4) is 0 Å². The Kier molecular flexibility index (Phi) is 1.27. The molecular formula is C9H10N2O. The first-order chi connectivity index (χ1) is 5.72. The predicted octanol–water partition coefficient (Wildman–Crippen LogP) is 1.37. The summed E-state index contributed by atoms with van der Waals surface area (Å²) in [5.74, 6) is 5.74. The van der Waals surface area contributed by atoms with Crippen LogP contribution in [-0.2, 0) is 0 Å². The maximum atomic E-state index is 9.47. The summed E-state index contributed by atoms with van der Waals surface area (Å²) in [4.78, 5) is 0. The van der Waals surface area contributed by atoms with Crippen LogP contribution < -0.4 is 5.84 Å². The molecule has 0 spiro atoms. The number of fused-ring (bicyclic) bond motifs is 1. The van der Waals surface area contributed by atoms with Gasteiger partial charge in [0.05, 0.1) is 5.52 Å². The molecular weight excluding hydrogens is 152 g/mol. The molecule has 0 radical (unpaired) electrons. The number of hydrogen-bond donors (Lipinski definition) is 2. The Morgan fingerprint density at radius 3 is 2.67 bits per heavy atom. The van der Waals surface area contributed by atoms with Gasteiger partial charge in [0.1, 0.15) is 0 Å². The molecule has 1 aromatic heterocycles. The lowest BCUT2D eigenvalue weighted by atomic mass is 10.2. The summed E-state index contributed by atoms with van der Waals surface area (Å²) in [6.07, 6.45) is 0. The minimum absolute atomic E-state index is 0.135. The Balaban J connectivity index is 2.99. The van der Waals surface area contributed by atoms with E-state index < -0.39 is 0 Å². The first kappa shape index (κ1) is 7.03. The van der Waals surface area contributed by atoms with Crippen LogP contribution in [0.15, 0.2) is 24.3 Å². The molecule has 0 atom stereocenters. The van der Waals surface area contributed by atoms with Crippen molar-refractivity contribution in [2.45, 2.75) is 6.92 Å². The maximum Gasteiger partial charge on any atom is 0.213 e. The van der Waals surface area contributed by atoms with E-state index in [-0.39, 0.29) is 5.88 Å². The highest BCUT2D eigenvalue weighted by Gasteiger charge is 2.09. The van der Waals surface area contributed by atoms with E-state index in [0.29, 0.717) is 0 Å². The number of aryl methyl sites for hydroxylation is 1. The summed E-state index contributed by atoms with van der Waals surface area (Å²) in [6.45, 7) is 1.85. The second-order valence-electron chi connectivity index (χ2n) is 2.84. The molecule has 0 aliphatic rings. The fraction of sp³-hybridized carbons (Fsp3) is 0.111. The molecule has 3 heteroatoms. The highest BCUT2D eigenvalue weighted by atomic mass is 16.3. The van der Waals surface area contributed by atoms with Crippen molar-refractivity contribution in [3.05, 3.63) is 29.8 Å². The lowest BCUT2D eigenvalue weighted by molar-refractivity contribution is 0.437. The molecule has 1 aromatic carbocycles. The number of nitrogens with two attached hydrogens (primary N) is 1. The monoisotopic (exact) mass is 162 g/mol. The van der Waals surface area contributed by atoms with Gasteiger partial charge in [0.25, 0.3) is 0 Å². The van der Waals surface area contributed by atoms with Crippen LogP contribution in [-0.4, -0.2) is 9.78 Å². The normalized spacial score (nSPS) is 10.8. The fourth-order valence-corrected chi connectivity index (χ4v) is 1.42. The van der Waals surface area contributed by atoms with E-state index in [1.165, 1.54) is 4.68 Å². The number of hydrogen-bond acceptors (Lipinski definition) is 2. The number of rotatable bonds is 0. The number of aromatic hydroxyl groups is 1. The van der Waals surface area contributed by atoms with E-state index in [2.05, 4.69) is 0 Å². The van der Waals surface area contributed by atoms with Gasteiger partial charge in [-0.1, -0.05) is 18.2 Å². The van der Waals surface area contributed by atoms with Gasteiger partial charge in [0.15, 0.2) is 0 Å². The number of nitrogens with zero attached hydrogens (tertiary/aromatic N) is 1. The van der Waals surface area contributed by atoms with E-state index in [0.717, 1.165) is 16.5 Å². The molecule has 0 amide bonds. The Bertz CT molecular complexity index is 392. The van der Waals surface area contributed by atoms with Crippen molar-refractivity contribution in [1.29, 1.82) is 0 Å². The Labute approximate surface area is 70.0 Å². The molecule has 3 N–H and O–H groups in total. The van der Waals surface area contributed by atoms with Crippen LogP contribution in [0.5, 0.6) is 5.88 Å². The van der Waals surface area contributed by atoms with Crippen molar-refractivity contribution in [3.8, 4) is 5.88 Å². The number of nitrogen functional groups attached to an aromatic ring is 1. The van der Waals surface area contributed by atoms with E-state index in [1.807, 2.05) is 31.2 Å². The third-order valence-corrected chi connectivity index (χ3v) is 2.13. The molecule has 3 nitrogen and oxygen atoms in total. The van der Waals surface area contributed by atoms with Gasteiger partial charge in [-0.25, -0.2) is 4.68 Å². The number of benzene rings is 1. The summed E-state index contributed by atoms with van der Waals surface area (Å²) in [5, 5.41) is 10.5. The largest absolute Gasteiger partial charge is 0.493 e. The maximum absolute atomic E-state index is 9.47. The highest BCUT2D eigenvalue weighted by Crippen LogP contribution is 2.27. The third kappa shape index (κ3) is 0.704. The second-order valence-corrected chi connectivity index (χ2v) is 2.84. The third-order valence-electron chi connectivity index (χ3n) is 2.13. The van der Waals surface area contributed by atoms with Crippen LogP contribution in [0, 0.1) is 6.92 Å². The lowest BCUT2D eigenvalue weighted by Gasteiger charge is -1.95. The van der Waals surface area contributed by atoms with Gasteiger partial charge in [-0.3, -0.25) is 0 Å². The van der Waals surface area contributed by atoms with Crippen molar-refractivity contribution < 1.29 is 5.11 Å². The average molecular weight is 162 g/mol. The van der Waals surface area contributed by atoms with Gasteiger partial charge in [-0.15, -0.1) is 0 Å². The van der Waals surface area contributed by atoms with Crippen LogP contribution in [0.1, 0.15) is 5.56 Å². The quantitative estimate of drug-likeness (QED) is 0.575. The van der Waals surface area contributed by atoms with Crippen molar-refractivity contribution >= 4 is 10.9 Å². The van der Waals surface area contributed by atoms with Gasteiger partial charge in [-0.05, 0) is 13.0 Å². The molecule has 2 aromatic rings. The van der Waals surface area contributed by atoms with Gasteiger partial charge in [0.2, 0.25) is 5.88 Å². The minimum Gasteiger partial charge on any atom is -0.493 e. The molecule has 12 heavy (non-hydrogen) atoms. The van der Waals surface area contributed by atoms with Gasteiger partial charge < -0.3 is 10.9 Å². The summed E-state index contributed by atoms with van der Waals surface area (Å²) in [6, 6.07) is 7.63. The minimum atomic E-state index is 0.135. The SMILES string of the molecule is Cc1c(O)n(N)c2ccccc12. The Morgan fingerprint density at radius 1 is 1.33 bits per heavy atom. The van der Waals surface area contributed by atoms with Gasteiger partial charge in [0, 0.05) is 10.9 Å². The van der Waals surface area contributed by atoms with Crippen LogP contribution in [0.2, 0.25) is 0 Å². The average Bonchev–Trinajstić information content (AvgIpc) is 2.33. The zero-order valence-electron chi connectivity index (χ0n) is 6.78. The zero-order chi connectivity index (χ0) is 8.72. The van der Waals surface area contributed by atoms with Crippen LogP contribution in [0.25, 0.3) is 10.9 Å². The van der Waals surface area contributed by atoms with Crippen molar-refractivity contribution in [2.75, 3.05) is 5.84 Å². The number of para-hydroxylation sites is 1. The second kappa shape index (κ2) is 2.17. The first-order valence-electron chi connectivity index (χ1n) is 3.76. The smallest absolute Gasteiger partial charge is 0.213 e. The molecule has 1 heterocycles. The first-order valence-corrected chi connectivity index (χ1v) is 3.76. The van der Waals surface area contributed by atoms with E-state index in [9.17, 15) is 5.11 Å². The standard InChI is InChI=1S/C9H10N2O/c1-6-7-4-2-3-5-8(7)11(10)9(6)12/h2-5,12H,10H2,1H3. The van der Waals surface area contributed by atoms with Crippen molar-refractivity contribution in [2.24, 2.45) is 0 Å². The molecule has 0 bridgehead atoms. The molecule has 0 fully saturated rings. The molecule has 62 valence electrons. The summed E-state index contributed by atoms with van der Waals surface area (Å²) < 4.78 is 1.30. The van der Waals surface area contributed by atoms with Crippen LogP contribution >= 0.6 is 0 Å². The Morgan fingerprint density at radius 2 is 2.00 bits per heavy atom. The summed E-state index contributed by atoms with van der Waals surface area (Å²) >= 11 is 0. The molecule has 0 unspecified atom stereocenters. The topological polar surface area (TPSA) is 51.2 Å². The van der Waals surface area contributed by atoms with E-state index in [1.54, 1.807) is 0 Å². The lowest BCUT2D eigenvalue weighted by Crippen LogP contribution is -2.05. The highest BCUT2D eigenvalue weighted by molar-refractivity contribution is 5.86. The van der Waals surface area contributed by atoms with Crippen molar-refractivity contribution in [3.63, 3.8) is 0 Å². The van der Waals surface area contributed by atoms with Crippen molar-refractivity contribution in [1.82, 2.24) is 4.68 Å². The molecule has 0 aliphatic heterocycles. The van der Waals surface area contributed by atoms with E-state index in [4.69, 9.17) is 5.84 Å². The number of aromatic nitrogens is 1. The predicted molar refractivity (Wildman–Crippen MR) is 48.5 cm³/mol. The van der Waals surface area contributed by atoms with Gasteiger partial charge in [-0.2, -0.15) is 0 Å². The van der Waals surface area contributed by atoms with Gasteiger partial charge >= 0.3 is 0 Å².